The summed E-state index contributed by atoms with van der Waals surface area (Å²) in [6, 6.07) is 0. The van der Waals surface area contributed by atoms with E-state index in [0.717, 1.165) is 11.5 Å². The van der Waals surface area contributed by atoms with Crippen molar-refractivity contribution in [2.45, 2.75) is 0 Å². The van der Waals surface area contributed by atoms with Crippen molar-refractivity contribution < 1.29 is 46.9 Å². The minimum atomic E-state index is 0. The molecule has 1 aliphatic rings. The number of hydrogen-bond donors (Lipinski definition) is 0. The molecule has 0 aliphatic carbocycles. The van der Waals surface area contributed by atoms with Crippen LogP contribution >= 0.6 is 23.5 Å². The Labute approximate surface area is 118 Å². The van der Waals surface area contributed by atoms with E-state index in [0.29, 0.717) is 0 Å². The monoisotopic (exact) mass is 348 g/mol. The molecule has 1 rings (SSSR count). The minimum absolute atomic E-state index is 0. The molecule has 0 radical (unpaired) electrons. The molecule has 72 valence electrons. The molecule has 0 bridgehead atoms. The van der Waals surface area contributed by atoms with Gasteiger partial charge in [-0.3, -0.25) is 0 Å². The van der Waals surface area contributed by atoms with E-state index in [4.69, 9.17) is 0 Å². The number of hydrogen-bond acceptors (Lipinski definition) is 2. The van der Waals surface area contributed by atoms with Gasteiger partial charge in [0.15, 0.2) is 0 Å². The van der Waals surface area contributed by atoms with Crippen molar-refractivity contribution in [1.82, 2.24) is 0 Å². The van der Waals surface area contributed by atoms with Crippen LogP contribution in [-0.2, 0) is 0 Å². The van der Waals surface area contributed by atoms with Gasteiger partial charge in [0.25, 0.3) is 0 Å². The fraction of sp³-hybridized carbons (Fsp3) is 0.500. The van der Waals surface area contributed by atoms with Crippen LogP contribution in [0.15, 0.2) is 12.2 Å². The zero-order valence-corrected chi connectivity index (χ0v) is 10.0. The normalized spacial score (nSPS) is 18.7. The molecule has 11 heavy (non-hydrogen) atoms. The van der Waals surface area contributed by atoms with Gasteiger partial charge in [-0.25, -0.2) is 0 Å². The summed E-state index contributed by atoms with van der Waals surface area (Å²) in [5.74, 6) is 4.71. The van der Waals surface area contributed by atoms with Crippen LogP contribution in [0.4, 0.5) is 0 Å². The second kappa shape index (κ2) is 10.0. The van der Waals surface area contributed by atoms with Crippen LogP contribution < -0.4 is 0 Å². The Hall–Kier alpha value is 1.96. The van der Waals surface area contributed by atoms with Gasteiger partial charge in [0.05, 0.1) is 0 Å². The van der Waals surface area contributed by atoms with Gasteiger partial charge < -0.3 is 13.8 Å². The van der Waals surface area contributed by atoms with E-state index in [1.165, 1.54) is 17.1 Å². The van der Waals surface area contributed by atoms with Crippen LogP contribution in [-0.4, -0.2) is 23.0 Å². The molecule has 0 nitrogen and oxygen atoms in total. The molecule has 1 heterocycles. The zero-order valence-electron chi connectivity index (χ0n) is 6.70. The number of rotatable bonds is 0. The van der Waals surface area contributed by atoms with Crippen molar-refractivity contribution >= 4 is 23.5 Å². The summed E-state index contributed by atoms with van der Waals surface area (Å²) in [6.45, 7) is 3.96. The molecule has 1 saturated heterocycles. The summed E-state index contributed by atoms with van der Waals surface area (Å²) in [5.41, 5.74) is 1.39. The van der Waals surface area contributed by atoms with E-state index in [9.17, 15) is 0 Å². The second-order valence-electron chi connectivity index (χ2n) is 2.07. The molecule has 0 spiro atoms. The summed E-state index contributed by atoms with van der Waals surface area (Å²) in [6.07, 6.45) is 2.34. The molecule has 0 saturated carbocycles. The van der Waals surface area contributed by atoms with Gasteiger partial charge in [-0.15, -0.1) is 11.5 Å². The summed E-state index contributed by atoms with van der Waals surface area (Å²) in [4.78, 5) is 0. The van der Waals surface area contributed by atoms with Gasteiger partial charge in [-0.2, -0.15) is 23.5 Å². The zero-order chi connectivity index (χ0) is 6.53. The van der Waals surface area contributed by atoms with Gasteiger partial charge in [0.1, 0.15) is 0 Å². The largest absolute Gasteiger partial charge is 2.00 e. The topological polar surface area (TPSA) is 0 Å². The molecule has 3 heteroatoms. The van der Waals surface area contributed by atoms with E-state index in [1.54, 1.807) is 0 Å². The van der Waals surface area contributed by atoms with Crippen molar-refractivity contribution in [3.63, 3.8) is 0 Å². The molecular formula is C8H14S2Yb. The first-order valence-electron chi connectivity index (χ1n) is 3.03. The molecule has 0 atom stereocenters. The SMILES string of the molecule is C=C1CSC[CH-]CSC1.[CH3-].[Yb+2]. The van der Waals surface area contributed by atoms with Gasteiger partial charge >= 0.3 is 46.9 Å². The van der Waals surface area contributed by atoms with E-state index in [1.807, 2.05) is 23.5 Å². The molecule has 1 fully saturated rings. The van der Waals surface area contributed by atoms with Crippen molar-refractivity contribution in [2.75, 3.05) is 23.0 Å². The second-order valence-corrected chi connectivity index (χ2v) is 4.13. The molecule has 0 unspecified atom stereocenters. The summed E-state index contributed by atoms with van der Waals surface area (Å²) >= 11 is 3.94. The predicted molar refractivity (Wildman–Crippen MR) is 54.5 cm³/mol. The Morgan fingerprint density at radius 1 is 1.18 bits per heavy atom. The molecule has 0 aromatic heterocycles. The van der Waals surface area contributed by atoms with E-state index in [2.05, 4.69) is 13.0 Å². The molecule has 0 N–H and O–H groups in total. The van der Waals surface area contributed by atoms with Crippen LogP contribution in [0.2, 0.25) is 0 Å². The van der Waals surface area contributed by atoms with Gasteiger partial charge in [-0.05, 0) is 0 Å². The van der Waals surface area contributed by atoms with Crippen molar-refractivity contribution in [1.29, 1.82) is 0 Å². The van der Waals surface area contributed by atoms with Crippen LogP contribution in [0.3, 0.4) is 0 Å². The third kappa shape index (κ3) is 8.29. The molecule has 0 aromatic rings. The van der Waals surface area contributed by atoms with E-state index in [-0.39, 0.29) is 54.4 Å². The predicted octanol–water partition coefficient (Wildman–Crippen LogP) is 2.68. The Balaban J connectivity index is 0. The Morgan fingerprint density at radius 3 is 2.09 bits per heavy atom. The van der Waals surface area contributed by atoms with Crippen LogP contribution in [0.5, 0.6) is 0 Å². The van der Waals surface area contributed by atoms with Gasteiger partial charge in [0.2, 0.25) is 0 Å². The first-order chi connectivity index (χ1) is 4.39. The van der Waals surface area contributed by atoms with Crippen LogP contribution in [0.25, 0.3) is 0 Å². The smallest absolute Gasteiger partial charge is 0.358 e. The first kappa shape index (κ1) is 15.4. The van der Waals surface area contributed by atoms with Crippen molar-refractivity contribution in [3.8, 4) is 0 Å². The molecule has 0 amide bonds. The van der Waals surface area contributed by atoms with Gasteiger partial charge in [0, 0.05) is 11.5 Å². The van der Waals surface area contributed by atoms with Crippen LogP contribution in [0.1, 0.15) is 0 Å². The maximum Gasteiger partial charge on any atom is 2.00 e. The summed E-state index contributed by atoms with van der Waals surface area (Å²) < 4.78 is 0. The van der Waals surface area contributed by atoms with Crippen molar-refractivity contribution in [2.24, 2.45) is 0 Å². The van der Waals surface area contributed by atoms with E-state index < -0.39 is 0 Å². The Kier molecular flexibility index (Phi) is 14.1. The fourth-order valence-electron chi connectivity index (χ4n) is 0.663. The molecular weight excluding hydrogens is 333 g/mol. The van der Waals surface area contributed by atoms with Gasteiger partial charge in [-0.1, -0.05) is 12.2 Å². The quantitative estimate of drug-likeness (QED) is 0.488. The Bertz CT molecular complexity index is 94.3. The summed E-state index contributed by atoms with van der Waals surface area (Å²) in [5, 5.41) is 0. The molecule has 1 aliphatic heterocycles. The average Bonchev–Trinajstić information content (AvgIpc) is 1.79. The average molecular weight is 347 g/mol. The molecule has 0 aromatic carbocycles. The van der Waals surface area contributed by atoms with Crippen molar-refractivity contribution in [3.05, 3.63) is 26.0 Å². The third-order valence-electron chi connectivity index (χ3n) is 1.08. The van der Waals surface area contributed by atoms with Crippen LogP contribution in [0, 0.1) is 60.8 Å². The third-order valence-corrected chi connectivity index (χ3v) is 3.25. The first-order valence-corrected chi connectivity index (χ1v) is 5.34. The fourth-order valence-corrected chi connectivity index (χ4v) is 2.53. The maximum atomic E-state index is 3.96. The number of thioether (sulfide) groups is 2. The standard InChI is InChI=1S/C7H11S2.CH3.Yb/c1-7-5-8-3-2-4-9-6-7;;/h2H,1,3-6H2;1H3;/q2*-1;+2. The minimum Gasteiger partial charge on any atom is -0.358 e. The van der Waals surface area contributed by atoms with E-state index >= 15 is 0 Å². The Morgan fingerprint density at radius 2 is 1.64 bits per heavy atom. The maximum absolute atomic E-state index is 3.96. The summed E-state index contributed by atoms with van der Waals surface area (Å²) in [7, 11) is 0.